The molecule has 0 radical (unpaired) electrons. The lowest BCUT2D eigenvalue weighted by molar-refractivity contribution is -0.130. The molecule has 1 aliphatic heterocycles. The maximum Gasteiger partial charge on any atom is 0.323 e. The van der Waals surface area contributed by atoms with Crippen molar-refractivity contribution >= 4 is 50.8 Å². The highest BCUT2D eigenvalue weighted by atomic mass is 32.1. The lowest BCUT2D eigenvalue weighted by atomic mass is 10.3. The van der Waals surface area contributed by atoms with Gasteiger partial charge in [0.25, 0.3) is 0 Å². The second kappa shape index (κ2) is 8.44. The van der Waals surface area contributed by atoms with E-state index >= 15 is 0 Å². The van der Waals surface area contributed by atoms with Gasteiger partial charge in [0.05, 0.1) is 17.8 Å². The van der Waals surface area contributed by atoms with E-state index in [4.69, 9.17) is 0 Å². The molecule has 0 saturated carbocycles. The van der Waals surface area contributed by atoms with E-state index in [1.54, 1.807) is 15.2 Å². The van der Waals surface area contributed by atoms with Gasteiger partial charge >= 0.3 is 6.03 Å². The van der Waals surface area contributed by atoms with Gasteiger partial charge in [-0.15, -0.1) is 22.7 Å². The Morgan fingerprint density at radius 2 is 1.63 bits per heavy atom. The molecular formula is C16H20N6O3S2. The van der Waals surface area contributed by atoms with E-state index < -0.39 is 0 Å². The predicted molar refractivity (Wildman–Crippen MR) is 104 cm³/mol. The number of nitrogens with one attached hydrogen (secondary N) is 2. The average molecular weight is 409 g/mol. The first kappa shape index (κ1) is 19.2. The van der Waals surface area contributed by atoms with Crippen LogP contribution in [0.2, 0.25) is 0 Å². The summed E-state index contributed by atoms with van der Waals surface area (Å²) in [6.45, 7) is 5.42. The number of carbonyl (C=O) groups excluding carboxylic acids is 3. The number of piperazine rings is 1. The minimum absolute atomic E-state index is 0.0193. The van der Waals surface area contributed by atoms with E-state index in [0.29, 0.717) is 42.1 Å². The minimum atomic E-state index is -0.248. The third-order valence-corrected chi connectivity index (χ3v) is 5.67. The molecule has 1 fully saturated rings. The molecule has 1 aliphatic rings. The van der Waals surface area contributed by atoms with E-state index in [-0.39, 0.29) is 24.3 Å². The molecule has 0 atom stereocenters. The van der Waals surface area contributed by atoms with Crippen LogP contribution < -0.4 is 10.6 Å². The van der Waals surface area contributed by atoms with Crippen molar-refractivity contribution in [3.05, 3.63) is 22.1 Å². The van der Waals surface area contributed by atoms with Crippen molar-refractivity contribution < 1.29 is 14.4 Å². The first-order valence-electron chi connectivity index (χ1n) is 8.38. The van der Waals surface area contributed by atoms with Crippen molar-refractivity contribution in [1.82, 2.24) is 19.8 Å². The Balaban J connectivity index is 1.48. The van der Waals surface area contributed by atoms with Crippen LogP contribution in [0.25, 0.3) is 0 Å². The maximum atomic E-state index is 12.3. The van der Waals surface area contributed by atoms with Crippen LogP contribution >= 0.6 is 22.7 Å². The van der Waals surface area contributed by atoms with Gasteiger partial charge in [-0.25, -0.2) is 14.8 Å². The van der Waals surface area contributed by atoms with Gasteiger partial charge in [-0.1, -0.05) is 0 Å². The predicted octanol–water partition coefficient (Wildman–Crippen LogP) is 1.79. The van der Waals surface area contributed by atoms with E-state index in [1.807, 2.05) is 12.3 Å². The standard InChI is InChI=1S/C16H20N6O3S2/c1-10-8-26-14(17-10)19-13(24)7-12-9-27-15(18-12)20-16(25)22-5-3-21(4-6-22)11(2)23/h8-9H,3-7H2,1-2H3,(H,17,19,24)(H,18,20,25). The molecule has 3 heterocycles. The molecule has 4 amide bonds. The molecule has 27 heavy (non-hydrogen) atoms. The fourth-order valence-corrected chi connectivity index (χ4v) is 3.98. The number of hydrogen-bond donors (Lipinski definition) is 2. The summed E-state index contributed by atoms with van der Waals surface area (Å²) in [4.78, 5) is 47.5. The number of amides is 4. The molecule has 9 nitrogen and oxygen atoms in total. The molecule has 0 spiro atoms. The summed E-state index contributed by atoms with van der Waals surface area (Å²) in [5.74, 6) is -0.182. The van der Waals surface area contributed by atoms with Crippen molar-refractivity contribution in [2.45, 2.75) is 20.3 Å². The van der Waals surface area contributed by atoms with E-state index in [1.165, 1.54) is 29.6 Å². The fraction of sp³-hybridized carbons (Fsp3) is 0.438. The van der Waals surface area contributed by atoms with Crippen LogP contribution in [-0.4, -0.2) is 63.8 Å². The lowest BCUT2D eigenvalue weighted by Gasteiger charge is -2.33. The Kier molecular flexibility index (Phi) is 6.01. The number of aromatic nitrogens is 2. The van der Waals surface area contributed by atoms with Gasteiger partial charge in [0.15, 0.2) is 10.3 Å². The highest BCUT2D eigenvalue weighted by molar-refractivity contribution is 7.14. The van der Waals surface area contributed by atoms with Crippen molar-refractivity contribution in [2.24, 2.45) is 0 Å². The third kappa shape index (κ3) is 5.23. The van der Waals surface area contributed by atoms with E-state index in [0.717, 1.165) is 5.69 Å². The second-order valence-corrected chi connectivity index (χ2v) is 7.80. The smallest absolute Gasteiger partial charge is 0.323 e. The molecule has 0 aromatic carbocycles. The molecule has 144 valence electrons. The van der Waals surface area contributed by atoms with Crippen molar-refractivity contribution in [3.8, 4) is 0 Å². The van der Waals surface area contributed by atoms with Gasteiger partial charge < -0.3 is 15.1 Å². The number of nitrogens with zero attached hydrogens (tertiary/aromatic N) is 4. The van der Waals surface area contributed by atoms with Crippen molar-refractivity contribution in [3.63, 3.8) is 0 Å². The summed E-state index contributed by atoms with van der Waals surface area (Å²) >= 11 is 2.64. The summed E-state index contributed by atoms with van der Waals surface area (Å²) in [5.41, 5.74) is 1.44. The zero-order valence-electron chi connectivity index (χ0n) is 15.0. The number of thiazole rings is 2. The highest BCUT2D eigenvalue weighted by Gasteiger charge is 2.23. The topological polar surface area (TPSA) is 108 Å². The highest BCUT2D eigenvalue weighted by Crippen LogP contribution is 2.18. The normalized spacial score (nSPS) is 14.1. The fourth-order valence-electron chi connectivity index (χ4n) is 2.58. The SMILES string of the molecule is CC(=O)N1CCN(C(=O)Nc2nc(CC(=O)Nc3nc(C)cs3)cs2)CC1. The number of urea groups is 1. The molecule has 0 bridgehead atoms. The molecule has 2 aromatic heterocycles. The zero-order chi connectivity index (χ0) is 19.4. The Labute approximate surface area is 164 Å². The number of anilines is 2. The number of carbonyl (C=O) groups is 3. The third-order valence-electron chi connectivity index (χ3n) is 3.98. The molecular weight excluding hydrogens is 388 g/mol. The average Bonchev–Trinajstić information content (AvgIpc) is 3.23. The maximum absolute atomic E-state index is 12.3. The first-order valence-corrected chi connectivity index (χ1v) is 10.1. The Bertz CT molecular complexity index is 841. The molecule has 0 aliphatic carbocycles. The summed E-state index contributed by atoms with van der Waals surface area (Å²) in [6.07, 6.45) is 0.113. The second-order valence-electron chi connectivity index (χ2n) is 6.09. The quantitative estimate of drug-likeness (QED) is 0.802. The monoisotopic (exact) mass is 408 g/mol. The van der Waals surface area contributed by atoms with Crippen LogP contribution in [-0.2, 0) is 16.0 Å². The van der Waals surface area contributed by atoms with Crippen LogP contribution in [0.15, 0.2) is 10.8 Å². The summed E-state index contributed by atoms with van der Waals surface area (Å²) in [5, 5.41) is 10.1. The van der Waals surface area contributed by atoms with Gasteiger partial charge in [0.2, 0.25) is 11.8 Å². The van der Waals surface area contributed by atoms with Crippen LogP contribution in [0.4, 0.5) is 15.1 Å². The van der Waals surface area contributed by atoms with Gasteiger partial charge in [-0.3, -0.25) is 14.9 Å². The Hall–Kier alpha value is -2.53. The van der Waals surface area contributed by atoms with Crippen molar-refractivity contribution in [1.29, 1.82) is 0 Å². The molecule has 0 unspecified atom stereocenters. The summed E-state index contributed by atoms with van der Waals surface area (Å²) < 4.78 is 0. The zero-order valence-corrected chi connectivity index (χ0v) is 16.7. The lowest BCUT2D eigenvalue weighted by Crippen LogP contribution is -2.51. The van der Waals surface area contributed by atoms with Gasteiger partial charge in [-0.2, -0.15) is 0 Å². The molecule has 2 aromatic rings. The van der Waals surface area contributed by atoms with Crippen LogP contribution in [0.5, 0.6) is 0 Å². The van der Waals surface area contributed by atoms with Crippen LogP contribution in [0.3, 0.4) is 0 Å². The molecule has 1 saturated heterocycles. The first-order chi connectivity index (χ1) is 12.9. The Morgan fingerprint density at radius 3 is 2.26 bits per heavy atom. The van der Waals surface area contributed by atoms with Gasteiger partial charge in [0.1, 0.15) is 0 Å². The summed E-state index contributed by atoms with van der Waals surface area (Å²) in [6, 6.07) is -0.248. The molecule has 2 N–H and O–H groups in total. The van der Waals surface area contributed by atoms with E-state index in [2.05, 4.69) is 20.6 Å². The summed E-state index contributed by atoms with van der Waals surface area (Å²) in [7, 11) is 0. The largest absolute Gasteiger partial charge is 0.339 e. The van der Waals surface area contributed by atoms with Gasteiger partial charge in [0, 0.05) is 43.9 Å². The minimum Gasteiger partial charge on any atom is -0.339 e. The number of aryl methyl sites for hydroxylation is 1. The van der Waals surface area contributed by atoms with E-state index in [9.17, 15) is 14.4 Å². The van der Waals surface area contributed by atoms with Crippen LogP contribution in [0, 0.1) is 6.92 Å². The van der Waals surface area contributed by atoms with Crippen molar-refractivity contribution in [2.75, 3.05) is 36.8 Å². The Morgan fingerprint density at radius 1 is 1.00 bits per heavy atom. The molecule has 3 rings (SSSR count). The number of rotatable bonds is 4. The van der Waals surface area contributed by atoms with Gasteiger partial charge in [-0.05, 0) is 6.92 Å². The molecule has 11 heteroatoms. The number of hydrogen-bond acceptors (Lipinski definition) is 7. The van der Waals surface area contributed by atoms with Crippen LogP contribution in [0.1, 0.15) is 18.3 Å².